The highest BCUT2D eigenvalue weighted by Gasteiger charge is 2.69. The molecule has 2 aliphatic carbocycles. The molecule has 1 aliphatic heterocycles. The van der Waals surface area contributed by atoms with Crippen LogP contribution >= 0.6 is 11.8 Å². The van der Waals surface area contributed by atoms with Crippen LogP contribution in [-0.4, -0.2) is 0 Å². The molecule has 0 N–H and O–H groups in total. The van der Waals surface area contributed by atoms with Gasteiger partial charge < -0.3 is 4.90 Å². The third kappa shape index (κ3) is 4.20. The molecule has 0 saturated carbocycles. The van der Waals surface area contributed by atoms with Crippen molar-refractivity contribution >= 4 is 34.5 Å². The molecule has 0 radical (unpaired) electrons. The van der Waals surface area contributed by atoms with E-state index >= 15 is 0 Å². The Labute approximate surface area is 314 Å². The van der Waals surface area contributed by atoms with Gasteiger partial charge in [-0.1, -0.05) is 142 Å². The van der Waals surface area contributed by atoms with Crippen LogP contribution in [0.3, 0.4) is 0 Å². The summed E-state index contributed by atoms with van der Waals surface area (Å²) in [4.78, 5) is 8.78. The Balaban J connectivity index is 1.58. The van der Waals surface area contributed by atoms with Crippen molar-refractivity contribution in [3.05, 3.63) is 141 Å². The van der Waals surface area contributed by atoms with Gasteiger partial charge in [-0.3, -0.25) is 0 Å². The number of hydrogen-bond acceptors (Lipinski definition) is 3. The van der Waals surface area contributed by atoms with E-state index in [1.165, 1.54) is 38.9 Å². The smallest absolute Gasteiger partial charge is 0.209 e. The molecule has 52 heavy (non-hydrogen) atoms. The summed E-state index contributed by atoms with van der Waals surface area (Å²) in [7, 11) is 0. The second-order valence-corrected chi connectivity index (χ2v) is 19.1. The SMILES string of the molecule is [C-]#[N+]c1c(C)c2c(c(N3c4ccccc4Sc4ccccc43)c1C#N)C(C)(C)C1(c3cc(C(C)(C)C)ccc3-c3ccc(C(C)(C)C)cc31)C2(C)C. The van der Waals surface area contributed by atoms with Crippen LogP contribution < -0.4 is 4.90 Å². The summed E-state index contributed by atoms with van der Waals surface area (Å²) >= 11 is 1.76. The van der Waals surface area contributed by atoms with Gasteiger partial charge in [0.1, 0.15) is 0 Å². The number of rotatable bonds is 1. The van der Waals surface area contributed by atoms with E-state index in [4.69, 9.17) is 6.57 Å². The molecule has 0 aromatic heterocycles. The van der Waals surface area contributed by atoms with Crippen molar-refractivity contribution in [3.63, 3.8) is 0 Å². The van der Waals surface area contributed by atoms with Crippen LogP contribution in [0.1, 0.15) is 114 Å². The lowest BCUT2D eigenvalue weighted by atomic mass is 9.52. The molecular weight excluding hydrogens is 651 g/mol. The first-order chi connectivity index (χ1) is 24.4. The second kappa shape index (κ2) is 10.9. The van der Waals surface area contributed by atoms with Gasteiger partial charge >= 0.3 is 0 Å². The predicted molar refractivity (Wildman–Crippen MR) is 217 cm³/mol. The van der Waals surface area contributed by atoms with Gasteiger partial charge in [-0.05, 0) is 92.1 Å². The molecular formula is C48H47N3S. The first-order valence-corrected chi connectivity index (χ1v) is 19.2. The Kier molecular flexibility index (Phi) is 7.18. The minimum Gasteiger partial charge on any atom is -0.308 e. The van der Waals surface area contributed by atoms with Crippen molar-refractivity contribution in [1.82, 2.24) is 0 Å². The molecule has 1 heterocycles. The molecule has 0 amide bonds. The lowest BCUT2D eigenvalue weighted by molar-refractivity contribution is 0.231. The van der Waals surface area contributed by atoms with Crippen molar-refractivity contribution in [2.24, 2.45) is 0 Å². The van der Waals surface area contributed by atoms with Crippen molar-refractivity contribution in [1.29, 1.82) is 5.26 Å². The Morgan fingerprint density at radius 1 is 0.692 bits per heavy atom. The number of hydrogen-bond donors (Lipinski definition) is 0. The number of para-hydroxylation sites is 2. The Bertz CT molecular complexity index is 2340. The van der Waals surface area contributed by atoms with Crippen LogP contribution in [0.15, 0.2) is 94.7 Å². The minimum atomic E-state index is -0.528. The number of benzene rings is 5. The number of anilines is 3. The molecule has 0 saturated heterocycles. The molecule has 4 heteroatoms. The fourth-order valence-electron chi connectivity index (χ4n) is 10.4. The van der Waals surface area contributed by atoms with E-state index in [1.807, 2.05) is 0 Å². The molecule has 0 atom stereocenters. The number of nitrogens with zero attached hydrogens (tertiary/aromatic N) is 3. The van der Waals surface area contributed by atoms with Gasteiger partial charge in [0.2, 0.25) is 5.69 Å². The summed E-state index contributed by atoms with van der Waals surface area (Å²) in [6, 6.07) is 34.0. The monoisotopic (exact) mass is 697 g/mol. The van der Waals surface area contributed by atoms with Crippen molar-refractivity contribution < 1.29 is 0 Å². The molecule has 5 aromatic carbocycles. The predicted octanol–water partition coefficient (Wildman–Crippen LogP) is 13.5. The highest BCUT2D eigenvalue weighted by molar-refractivity contribution is 7.99. The summed E-state index contributed by atoms with van der Waals surface area (Å²) in [5, 5.41) is 11.2. The molecule has 3 nitrogen and oxygen atoms in total. The third-order valence-electron chi connectivity index (χ3n) is 12.6. The maximum Gasteiger partial charge on any atom is 0.209 e. The molecule has 0 fully saturated rings. The van der Waals surface area contributed by atoms with Crippen LogP contribution in [0.25, 0.3) is 16.0 Å². The molecule has 260 valence electrons. The van der Waals surface area contributed by atoms with E-state index in [0.717, 1.165) is 38.0 Å². The lowest BCUT2D eigenvalue weighted by Gasteiger charge is -2.50. The van der Waals surface area contributed by atoms with Gasteiger partial charge in [-0.2, -0.15) is 5.26 Å². The fraction of sp³-hybridized carbons (Fsp3) is 0.333. The quantitative estimate of drug-likeness (QED) is 0.160. The average molecular weight is 698 g/mol. The Morgan fingerprint density at radius 3 is 1.60 bits per heavy atom. The van der Waals surface area contributed by atoms with E-state index in [0.29, 0.717) is 11.3 Å². The lowest BCUT2D eigenvalue weighted by Crippen LogP contribution is -2.51. The third-order valence-corrected chi connectivity index (χ3v) is 13.7. The van der Waals surface area contributed by atoms with Gasteiger partial charge in [0.25, 0.3) is 0 Å². The van der Waals surface area contributed by atoms with Gasteiger partial charge in [-0.25, -0.2) is 4.85 Å². The van der Waals surface area contributed by atoms with Crippen molar-refractivity contribution in [3.8, 4) is 17.2 Å². The molecule has 0 bridgehead atoms. The van der Waals surface area contributed by atoms with Crippen LogP contribution in [-0.2, 0) is 27.1 Å². The van der Waals surface area contributed by atoms with Gasteiger partial charge in [0.15, 0.2) is 0 Å². The van der Waals surface area contributed by atoms with Crippen molar-refractivity contribution in [2.45, 2.75) is 113 Å². The zero-order valence-electron chi connectivity index (χ0n) is 32.3. The molecule has 3 aliphatic rings. The number of fused-ring (bicyclic) bond motifs is 8. The highest BCUT2D eigenvalue weighted by atomic mass is 32.2. The molecule has 8 rings (SSSR count). The highest BCUT2D eigenvalue weighted by Crippen LogP contribution is 2.74. The first-order valence-electron chi connectivity index (χ1n) is 18.4. The van der Waals surface area contributed by atoms with E-state index in [2.05, 4.69) is 177 Å². The van der Waals surface area contributed by atoms with Crippen LogP contribution in [0, 0.1) is 24.8 Å². The summed E-state index contributed by atoms with van der Waals surface area (Å²) in [6.07, 6.45) is 0. The zero-order chi connectivity index (χ0) is 37.3. The fourth-order valence-corrected chi connectivity index (χ4v) is 11.5. The Morgan fingerprint density at radius 2 is 1.15 bits per heavy atom. The van der Waals surface area contributed by atoms with Gasteiger partial charge in [0.05, 0.1) is 35.3 Å². The zero-order valence-corrected chi connectivity index (χ0v) is 33.1. The van der Waals surface area contributed by atoms with Crippen LogP contribution in [0.4, 0.5) is 22.7 Å². The maximum absolute atomic E-state index is 11.2. The topological polar surface area (TPSA) is 31.4 Å². The summed E-state index contributed by atoms with van der Waals surface area (Å²) < 4.78 is 0. The van der Waals surface area contributed by atoms with Crippen LogP contribution in [0.2, 0.25) is 0 Å². The minimum absolute atomic E-state index is 0.0491. The normalized spacial score (nSPS) is 17.1. The maximum atomic E-state index is 11.2. The van der Waals surface area contributed by atoms with E-state index < -0.39 is 16.2 Å². The number of nitriles is 1. The standard InChI is InChI=1S/C48H47N3S/c1-28-40-41(43(33(27-49)42(28)50-12)51-36-17-13-15-19-38(36)52-39-20-16-14-18-37(39)51)47(10,11)48(46(40,8)9)34-25-29(44(2,3)4)21-23-31(34)32-24-22-30(26-35(32)48)45(5,6)7/h13-26H,1-11H3. The summed E-state index contributed by atoms with van der Waals surface area (Å²) in [6.45, 7) is 34.2. The van der Waals surface area contributed by atoms with E-state index in [9.17, 15) is 5.26 Å². The molecule has 1 spiro atoms. The van der Waals surface area contributed by atoms with E-state index in [1.54, 1.807) is 11.8 Å². The van der Waals surface area contributed by atoms with Gasteiger partial charge in [-0.15, -0.1) is 0 Å². The second-order valence-electron chi connectivity index (χ2n) is 18.1. The Hall–Kier alpha value is -4.77. The molecule has 5 aromatic rings. The first kappa shape index (κ1) is 34.3. The van der Waals surface area contributed by atoms with E-state index in [-0.39, 0.29) is 10.8 Å². The average Bonchev–Trinajstić information content (AvgIpc) is 3.47. The summed E-state index contributed by atoms with van der Waals surface area (Å²) in [5.41, 5.74) is 13.3. The molecule has 0 unspecified atom stereocenters. The largest absolute Gasteiger partial charge is 0.308 e. The van der Waals surface area contributed by atoms with Gasteiger partial charge in [0, 0.05) is 26.0 Å². The van der Waals surface area contributed by atoms with Crippen molar-refractivity contribution in [2.75, 3.05) is 4.90 Å². The van der Waals surface area contributed by atoms with Crippen LogP contribution in [0.5, 0.6) is 0 Å². The summed E-state index contributed by atoms with van der Waals surface area (Å²) in [5.74, 6) is 0.